The molecule has 1 saturated heterocycles. The zero-order valence-corrected chi connectivity index (χ0v) is 17.0. The molecular weight excluding hydrogens is 389 g/mol. The van der Waals surface area contributed by atoms with Gasteiger partial charge in [-0.1, -0.05) is 6.07 Å². The van der Waals surface area contributed by atoms with E-state index in [1.807, 2.05) is 0 Å². The van der Waals surface area contributed by atoms with Gasteiger partial charge in [-0.05, 0) is 32.9 Å². The van der Waals surface area contributed by atoms with Crippen molar-refractivity contribution in [1.29, 1.82) is 15.8 Å². The SMILES string of the molecule is CC(C)(C)OC(=O)N1CCC(Oc2cccc(F)c2NC(C#N)=C(C#N)C#N)CC1. The summed E-state index contributed by atoms with van der Waals surface area (Å²) < 4.78 is 25.7. The van der Waals surface area contributed by atoms with Gasteiger partial charge >= 0.3 is 6.09 Å². The molecule has 9 heteroatoms. The van der Waals surface area contributed by atoms with Crippen molar-refractivity contribution in [3.8, 4) is 24.0 Å². The van der Waals surface area contributed by atoms with Crippen LogP contribution in [0.5, 0.6) is 5.75 Å². The third-order valence-electron chi connectivity index (χ3n) is 4.20. The van der Waals surface area contributed by atoms with Crippen LogP contribution in [-0.2, 0) is 4.74 Å². The highest BCUT2D eigenvalue weighted by molar-refractivity contribution is 5.68. The molecule has 0 radical (unpaired) electrons. The Balaban J connectivity index is 2.11. The van der Waals surface area contributed by atoms with Crippen molar-refractivity contribution in [2.75, 3.05) is 18.4 Å². The molecule has 1 aromatic rings. The Labute approximate surface area is 174 Å². The molecule has 0 atom stereocenters. The number of hydrogen-bond acceptors (Lipinski definition) is 7. The van der Waals surface area contributed by atoms with Crippen molar-refractivity contribution in [2.45, 2.75) is 45.3 Å². The number of nitriles is 3. The maximum absolute atomic E-state index is 14.4. The van der Waals surface area contributed by atoms with Crippen LogP contribution in [0.15, 0.2) is 29.5 Å². The van der Waals surface area contributed by atoms with Gasteiger partial charge < -0.3 is 19.7 Å². The first-order valence-electron chi connectivity index (χ1n) is 9.33. The number of nitrogens with zero attached hydrogens (tertiary/aromatic N) is 4. The van der Waals surface area contributed by atoms with Gasteiger partial charge in [0, 0.05) is 25.9 Å². The van der Waals surface area contributed by atoms with Crippen LogP contribution in [0, 0.1) is 39.8 Å². The van der Waals surface area contributed by atoms with Gasteiger partial charge in [-0.15, -0.1) is 0 Å². The summed E-state index contributed by atoms with van der Waals surface area (Å²) >= 11 is 0. The lowest BCUT2D eigenvalue weighted by Crippen LogP contribution is -2.44. The van der Waals surface area contributed by atoms with Crippen LogP contribution in [0.1, 0.15) is 33.6 Å². The molecule has 1 aliphatic heterocycles. The molecule has 1 N–H and O–H groups in total. The summed E-state index contributed by atoms with van der Waals surface area (Å²) in [7, 11) is 0. The van der Waals surface area contributed by atoms with Crippen molar-refractivity contribution >= 4 is 11.8 Å². The average molecular weight is 411 g/mol. The second kappa shape index (κ2) is 9.62. The minimum atomic E-state index is -0.693. The van der Waals surface area contributed by atoms with Gasteiger partial charge in [0.15, 0.2) is 5.57 Å². The number of rotatable bonds is 4. The van der Waals surface area contributed by atoms with E-state index in [0.717, 1.165) is 0 Å². The average Bonchev–Trinajstić information content (AvgIpc) is 2.69. The molecule has 0 aliphatic carbocycles. The number of carbonyl (C=O) groups excluding carboxylic acids is 1. The number of likely N-dealkylation sites (tertiary alicyclic amines) is 1. The molecule has 2 rings (SSSR count). The van der Waals surface area contributed by atoms with E-state index in [-0.39, 0.29) is 23.2 Å². The molecular formula is C21H22FN5O3. The van der Waals surface area contributed by atoms with Gasteiger partial charge in [0.25, 0.3) is 0 Å². The first-order chi connectivity index (χ1) is 14.2. The molecule has 30 heavy (non-hydrogen) atoms. The van der Waals surface area contributed by atoms with Gasteiger partial charge in [0.05, 0.1) is 0 Å². The molecule has 0 saturated carbocycles. The molecule has 0 bridgehead atoms. The first kappa shape index (κ1) is 22.5. The van der Waals surface area contributed by atoms with Gasteiger partial charge in [0.2, 0.25) is 0 Å². The van der Waals surface area contributed by atoms with E-state index in [1.165, 1.54) is 18.2 Å². The van der Waals surface area contributed by atoms with Crippen molar-refractivity contribution in [3.05, 3.63) is 35.3 Å². The van der Waals surface area contributed by atoms with E-state index in [4.69, 9.17) is 20.0 Å². The number of piperidine rings is 1. The fourth-order valence-electron chi connectivity index (χ4n) is 2.79. The topological polar surface area (TPSA) is 122 Å². The highest BCUT2D eigenvalue weighted by atomic mass is 19.1. The smallest absolute Gasteiger partial charge is 0.410 e. The third-order valence-corrected chi connectivity index (χ3v) is 4.20. The van der Waals surface area contributed by atoms with E-state index in [9.17, 15) is 14.4 Å². The van der Waals surface area contributed by atoms with E-state index in [2.05, 4.69) is 5.32 Å². The van der Waals surface area contributed by atoms with Crippen molar-refractivity contribution in [2.24, 2.45) is 0 Å². The van der Waals surface area contributed by atoms with Gasteiger partial charge in [-0.25, -0.2) is 9.18 Å². The molecule has 1 amide bonds. The minimum absolute atomic E-state index is 0.133. The fourth-order valence-corrected chi connectivity index (χ4v) is 2.79. The van der Waals surface area contributed by atoms with Crippen LogP contribution in [0.4, 0.5) is 14.9 Å². The highest BCUT2D eigenvalue weighted by Crippen LogP contribution is 2.31. The first-order valence-corrected chi connectivity index (χ1v) is 9.33. The predicted octanol–water partition coefficient (Wildman–Crippen LogP) is 3.84. The Bertz CT molecular complexity index is 939. The van der Waals surface area contributed by atoms with Crippen molar-refractivity contribution < 1.29 is 18.7 Å². The number of anilines is 1. The van der Waals surface area contributed by atoms with Crippen LogP contribution in [0.3, 0.4) is 0 Å². The number of hydrogen-bond donors (Lipinski definition) is 1. The number of amides is 1. The van der Waals surface area contributed by atoms with Crippen molar-refractivity contribution in [3.63, 3.8) is 0 Å². The second-order valence-electron chi connectivity index (χ2n) is 7.61. The molecule has 8 nitrogen and oxygen atoms in total. The minimum Gasteiger partial charge on any atom is -0.488 e. The lowest BCUT2D eigenvalue weighted by atomic mass is 10.1. The Hall–Kier alpha value is -3.77. The molecule has 1 aliphatic rings. The number of nitrogens with one attached hydrogen (secondary N) is 1. The summed E-state index contributed by atoms with van der Waals surface area (Å²) in [4.78, 5) is 13.8. The highest BCUT2D eigenvalue weighted by Gasteiger charge is 2.28. The molecule has 0 spiro atoms. The summed E-state index contributed by atoms with van der Waals surface area (Å²) in [6.45, 7) is 6.25. The Morgan fingerprint density at radius 3 is 2.33 bits per heavy atom. The molecule has 0 aromatic heterocycles. The Kier molecular flexibility index (Phi) is 7.22. The van der Waals surface area contributed by atoms with Crippen molar-refractivity contribution in [1.82, 2.24) is 4.90 Å². The normalized spacial score (nSPS) is 14.0. The largest absolute Gasteiger partial charge is 0.488 e. The van der Waals surface area contributed by atoms with E-state index >= 15 is 0 Å². The quantitative estimate of drug-likeness (QED) is 0.747. The predicted molar refractivity (Wildman–Crippen MR) is 105 cm³/mol. The molecule has 1 aromatic carbocycles. The second-order valence-corrected chi connectivity index (χ2v) is 7.61. The van der Waals surface area contributed by atoms with Gasteiger partial charge in [-0.2, -0.15) is 15.8 Å². The number of carbonyl (C=O) groups is 1. The summed E-state index contributed by atoms with van der Waals surface area (Å²) in [6, 6.07) is 9.04. The number of ether oxygens (including phenoxy) is 2. The van der Waals surface area contributed by atoms with E-state index in [1.54, 1.807) is 43.9 Å². The van der Waals surface area contributed by atoms with E-state index < -0.39 is 23.1 Å². The molecule has 1 fully saturated rings. The monoisotopic (exact) mass is 411 g/mol. The lowest BCUT2D eigenvalue weighted by molar-refractivity contribution is 0.0127. The van der Waals surface area contributed by atoms with Crippen LogP contribution >= 0.6 is 0 Å². The lowest BCUT2D eigenvalue weighted by Gasteiger charge is -2.33. The molecule has 1 heterocycles. The van der Waals surface area contributed by atoms with Gasteiger partial charge in [0.1, 0.15) is 52.9 Å². The maximum Gasteiger partial charge on any atom is 0.410 e. The van der Waals surface area contributed by atoms with Crippen LogP contribution in [-0.4, -0.2) is 35.8 Å². The number of para-hydroxylation sites is 1. The summed E-state index contributed by atoms with van der Waals surface area (Å²) in [6.07, 6.45) is 0.348. The number of halogens is 1. The maximum atomic E-state index is 14.4. The third kappa shape index (κ3) is 5.86. The van der Waals surface area contributed by atoms with Gasteiger partial charge in [-0.3, -0.25) is 0 Å². The van der Waals surface area contributed by atoms with Crippen LogP contribution in [0.2, 0.25) is 0 Å². The standard InChI is InChI=1S/C21H22FN5O3/c1-21(2,3)30-20(28)27-9-7-15(8-10-27)29-18-6-4-5-16(22)19(18)26-17(13-25)14(11-23)12-24/h4-6,15,26H,7-10H2,1-3H3. The molecule has 0 unspecified atom stereocenters. The van der Waals surface area contributed by atoms with Crippen LogP contribution in [0.25, 0.3) is 0 Å². The van der Waals surface area contributed by atoms with E-state index in [0.29, 0.717) is 25.9 Å². The fraction of sp³-hybridized carbons (Fsp3) is 0.429. The zero-order valence-electron chi connectivity index (χ0n) is 17.0. The Morgan fingerprint density at radius 1 is 1.17 bits per heavy atom. The summed E-state index contributed by atoms with van der Waals surface area (Å²) in [5, 5.41) is 29.6. The summed E-state index contributed by atoms with van der Waals surface area (Å²) in [5.41, 5.74) is -1.54. The number of benzene rings is 1. The summed E-state index contributed by atoms with van der Waals surface area (Å²) in [5.74, 6) is -0.546. The zero-order chi connectivity index (χ0) is 22.3. The molecule has 156 valence electrons. The van der Waals surface area contributed by atoms with Crippen LogP contribution < -0.4 is 10.1 Å². The number of allylic oxidation sites excluding steroid dienone is 2. The Morgan fingerprint density at radius 2 is 1.80 bits per heavy atom.